The van der Waals surface area contributed by atoms with Crippen LogP contribution in [0.2, 0.25) is 5.02 Å². The van der Waals surface area contributed by atoms with E-state index in [9.17, 15) is 22.8 Å². The Morgan fingerprint density at radius 3 is 2.32 bits per heavy atom. The van der Waals surface area contributed by atoms with Gasteiger partial charge in [0, 0.05) is 23.1 Å². The van der Waals surface area contributed by atoms with E-state index in [1.165, 1.54) is 5.57 Å². The smallest absolute Gasteiger partial charge is 0.324 e. The van der Waals surface area contributed by atoms with Gasteiger partial charge in [0.1, 0.15) is 6.04 Å². The second-order valence-corrected chi connectivity index (χ2v) is 8.83. The number of hydrogen-bond acceptors (Lipinski definition) is 3. The molecule has 0 bridgehead atoms. The van der Waals surface area contributed by atoms with Gasteiger partial charge in [-0.3, -0.25) is 9.79 Å². The summed E-state index contributed by atoms with van der Waals surface area (Å²) in [4.78, 5) is 33.6. The maximum absolute atomic E-state index is 12.2. The first-order valence-corrected chi connectivity index (χ1v) is 12.1. The van der Waals surface area contributed by atoms with Crippen LogP contribution in [0.25, 0.3) is 11.0 Å². The van der Waals surface area contributed by atoms with Gasteiger partial charge in [-0.15, -0.1) is 0 Å². The first-order chi connectivity index (χ1) is 17.8. The number of allylic oxidation sites excluding steroid dienone is 6. The lowest BCUT2D eigenvalue weighted by molar-refractivity contribution is -0.117. The predicted molar refractivity (Wildman–Crippen MR) is 149 cm³/mol. The Labute approximate surface area is 224 Å². The van der Waals surface area contributed by atoms with Gasteiger partial charge in [-0.25, -0.2) is 4.79 Å². The molecule has 10 heteroatoms. The zero-order valence-electron chi connectivity index (χ0n) is 21.7. The largest absolute Gasteiger partial charge is 0.386 e. The van der Waals surface area contributed by atoms with E-state index in [2.05, 4.69) is 39.4 Å². The summed E-state index contributed by atoms with van der Waals surface area (Å²) in [6.45, 7) is 8.04. The Morgan fingerprint density at radius 2 is 1.68 bits per heavy atom. The average Bonchev–Trinajstić information content (AvgIpc) is 3.15. The van der Waals surface area contributed by atoms with E-state index in [-0.39, 0.29) is 18.5 Å². The molecule has 3 aromatic rings. The molecule has 0 saturated heterocycles. The highest BCUT2D eigenvalue weighted by atomic mass is 35.5. The minimum absolute atomic E-state index is 0.176. The number of amides is 1. The average molecular weight is 547 g/mol. The molecule has 3 N–H and O–H groups in total. The van der Waals surface area contributed by atoms with Crippen molar-refractivity contribution in [3.8, 4) is 0 Å². The van der Waals surface area contributed by atoms with Gasteiger partial charge in [-0.05, 0) is 58.0 Å². The number of H-pyrrole nitrogens is 2. The summed E-state index contributed by atoms with van der Waals surface area (Å²) < 4.78 is 31.1. The van der Waals surface area contributed by atoms with Crippen LogP contribution in [0.15, 0.2) is 82.1 Å². The molecule has 1 aliphatic heterocycles. The van der Waals surface area contributed by atoms with Crippen LogP contribution in [0, 0.1) is 0 Å². The molecule has 1 aliphatic rings. The standard InChI is InChI=1S/C17H13ClN4O2.C9H14.C2H3F3/c1-8-16(23)20-12-5-3-10(18)7-11(12)15(19-8)9-2-4-13-14(6-9)22-17(24)21-13;1-4-6-8-9(3)7-5-2;1-2(3,4)5/h2-8H,1H3,(H,20,23)(H2,21,22,24);4-8H,1-3H3;1H3/b;6-4-,7-5-,9-8-;. The van der Waals surface area contributed by atoms with Crippen LogP contribution in [0.1, 0.15) is 45.7 Å². The third-order valence-corrected chi connectivity index (χ3v) is 5.20. The second kappa shape index (κ2) is 13.6. The minimum atomic E-state index is -4.00. The molecule has 38 heavy (non-hydrogen) atoms. The number of nitrogens with zero attached hydrogens (tertiary/aromatic N) is 1. The molecule has 1 atom stereocenters. The van der Waals surface area contributed by atoms with Gasteiger partial charge in [0.15, 0.2) is 0 Å². The normalized spacial score (nSPS) is 15.7. The SMILES string of the molecule is CC(F)(F)F.CC1N=C(c2ccc3[nH]c(=O)[nH]c3c2)c2cc(Cl)ccc2NC1=O.C\C=C/C=C(C)\C=C/C. The third-order valence-electron chi connectivity index (χ3n) is 4.97. The lowest BCUT2D eigenvalue weighted by Gasteiger charge is -2.10. The molecule has 0 radical (unpaired) electrons. The van der Waals surface area contributed by atoms with Crippen molar-refractivity contribution in [3.63, 3.8) is 0 Å². The van der Waals surface area contributed by atoms with Gasteiger partial charge in [-0.2, -0.15) is 13.2 Å². The quantitative estimate of drug-likeness (QED) is 0.300. The van der Waals surface area contributed by atoms with Crippen LogP contribution in [-0.4, -0.2) is 33.8 Å². The Balaban J connectivity index is 0.000000302. The van der Waals surface area contributed by atoms with Crippen LogP contribution < -0.4 is 11.0 Å². The molecule has 1 unspecified atom stereocenters. The number of fused-ring (bicyclic) bond motifs is 2. The summed E-state index contributed by atoms with van der Waals surface area (Å²) in [7, 11) is 0. The Bertz CT molecular complexity index is 1440. The molecule has 1 amide bonds. The molecule has 0 fully saturated rings. The fourth-order valence-electron chi connectivity index (χ4n) is 3.36. The number of carbonyl (C=O) groups excluding carboxylic acids is 1. The monoisotopic (exact) mass is 546 g/mol. The number of aromatic nitrogens is 2. The molecule has 0 saturated carbocycles. The molecule has 4 rings (SSSR count). The van der Waals surface area contributed by atoms with Crippen LogP contribution in [0.5, 0.6) is 0 Å². The van der Waals surface area contributed by atoms with Gasteiger partial charge in [0.2, 0.25) is 5.91 Å². The zero-order valence-corrected chi connectivity index (χ0v) is 22.5. The lowest BCUT2D eigenvalue weighted by atomic mass is 10.00. The summed E-state index contributed by atoms with van der Waals surface area (Å²) in [6.07, 6.45) is 6.26. The van der Waals surface area contributed by atoms with E-state index in [0.29, 0.717) is 27.5 Å². The van der Waals surface area contributed by atoms with Crippen molar-refractivity contribution < 1.29 is 18.0 Å². The fourth-order valence-corrected chi connectivity index (χ4v) is 3.53. The van der Waals surface area contributed by atoms with E-state index in [1.54, 1.807) is 31.2 Å². The maximum Gasteiger partial charge on any atom is 0.386 e. The van der Waals surface area contributed by atoms with Crippen molar-refractivity contribution in [2.75, 3.05) is 5.32 Å². The second-order valence-electron chi connectivity index (χ2n) is 8.39. The van der Waals surface area contributed by atoms with Crippen molar-refractivity contribution in [1.82, 2.24) is 9.97 Å². The van der Waals surface area contributed by atoms with Gasteiger partial charge in [-0.1, -0.05) is 53.6 Å². The van der Waals surface area contributed by atoms with Crippen molar-refractivity contribution in [3.05, 3.63) is 99.0 Å². The number of anilines is 1. The number of hydrogen-bond donors (Lipinski definition) is 3. The van der Waals surface area contributed by atoms with Gasteiger partial charge < -0.3 is 15.3 Å². The highest BCUT2D eigenvalue weighted by molar-refractivity contribution is 6.32. The molecular weight excluding hydrogens is 517 g/mol. The first-order valence-electron chi connectivity index (χ1n) is 11.7. The summed E-state index contributed by atoms with van der Waals surface area (Å²) in [5.74, 6) is -0.176. The molecule has 1 aromatic heterocycles. The molecule has 202 valence electrons. The number of aliphatic imine (C=N–C) groups is 1. The number of halogens is 4. The Hall–Kier alpha value is -3.85. The summed E-state index contributed by atoms with van der Waals surface area (Å²) in [6, 6.07) is 10.2. The van der Waals surface area contributed by atoms with Gasteiger partial charge >= 0.3 is 11.9 Å². The molecule has 0 spiro atoms. The number of benzene rings is 2. The van der Waals surface area contributed by atoms with Crippen molar-refractivity contribution in [2.24, 2.45) is 4.99 Å². The van der Waals surface area contributed by atoms with Gasteiger partial charge in [0.25, 0.3) is 0 Å². The van der Waals surface area contributed by atoms with Crippen molar-refractivity contribution in [2.45, 2.75) is 46.8 Å². The van der Waals surface area contributed by atoms with Gasteiger partial charge in [0.05, 0.1) is 22.4 Å². The Morgan fingerprint density at radius 1 is 1.03 bits per heavy atom. The summed E-state index contributed by atoms with van der Waals surface area (Å²) in [5, 5.41) is 3.42. The highest BCUT2D eigenvalue weighted by Crippen LogP contribution is 2.28. The number of nitrogens with one attached hydrogen (secondary N) is 3. The number of benzodiazepines with no additional fused rings is 1. The first kappa shape index (κ1) is 30.4. The molecule has 2 aromatic carbocycles. The van der Waals surface area contributed by atoms with Crippen LogP contribution in [0.3, 0.4) is 0 Å². The van der Waals surface area contributed by atoms with Crippen LogP contribution in [0.4, 0.5) is 18.9 Å². The topological polar surface area (TPSA) is 90.1 Å². The molecule has 0 aliphatic carbocycles. The van der Waals surface area contributed by atoms with E-state index in [1.807, 2.05) is 44.2 Å². The predicted octanol–water partition coefficient (Wildman–Crippen LogP) is 7.34. The molecule has 2 heterocycles. The van der Waals surface area contributed by atoms with Crippen LogP contribution >= 0.6 is 11.6 Å². The fraction of sp³-hybridized carbons (Fsp3) is 0.250. The highest BCUT2D eigenvalue weighted by Gasteiger charge is 2.23. The number of carbonyl (C=O) groups is 1. The summed E-state index contributed by atoms with van der Waals surface area (Å²) >= 11 is 6.13. The van der Waals surface area contributed by atoms with E-state index in [4.69, 9.17) is 11.6 Å². The van der Waals surface area contributed by atoms with Crippen molar-refractivity contribution in [1.29, 1.82) is 0 Å². The van der Waals surface area contributed by atoms with E-state index in [0.717, 1.165) is 11.1 Å². The number of alkyl halides is 3. The lowest BCUT2D eigenvalue weighted by Crippen LogP contribution is -2.22. The van der Waals surface area contributed by atoms with E-state index >= 15 is 0 Å². The maximum atomic E-state index is 12.2. The zero-order chi connectivity index (χ0) is 28.5. The molecular formula is C28H30ClF3N4O2. The molecule has 6 nitrogen and oxygen atoms in total. The Kier molecular flexibility index (Phi) is 10.9. The number of rotatable bonds is 3. The van der Waals surface area contributed by atoms with Crippen molar-refractivity contribution >= 4 is 39.9 Å². The number of imidazole rings is 1. The minimum Gasteiger partial charge on any atom is -0.324 e. The van der Waals surface area contributed by atoms with E-state index < -0.39 is 12.2 Å². The number of aromatic amines is 2. The third kappa shape index (κ3) is 9.55. The summed E-state index contributed by atoms with van der Waals surface area (Å²) in [5.41, 5.74) is 5.28. The van der Waals surface area contributed by atoms with Crippen LogP contribution in [-0.2, 0) is 4.79 Å².